The maximum absolute atomic E-state index is 9.75. The molecule has 0 spiro atoms. The Kier molecular flexibility index (Phi) is 37.8. The van der Waals surface area contributed by atoms with Gasteiger partial charge in [0.15, 0.2) is 0 Å². The molecule has 0 heterocycles. The van der Waals surface area contributed by atoms with Crippen molar-refractivity contribution < 1.29 is 47.6 Å². The Morgan fingerprint density at radius 3 is 1.24 bits per heavy atom. The van der Waals surface area contributed by atoms with E-state index in [1.807, 2.05) is 0 Å². The molecular formula is C15H13BF4MoN2O2-. The van der Waals surface area contributed by atoms with Crippen LogP contribution in [0.25, 0.3) is 0 Å². The van der Waals surface area contributed by atoms with Gasteiger partial charge in [0.2, 0.25) is 0 Å². The molecule has 1 saturated carbocycles. The Labute approximate surface area is 160 Å². The molecule has 133 valence electrons. The molecule has 0 aromatic rings. The zero-order valence-corrected chi connectivity index (χ0v) is 15.3. The second-order valence-electron chi connectivity index (χ2n) is 3.10. The summed E-state index contributed by atoms with van der Waals surface area (Å²) in [5.74, 6) is 2.66. The van der Waals surface area contributed by atoms with Crippen molar-refractivity contribution in [1.29, 1.82) is 10.5 Å². The van der Waals surface area contributed by atoms with E-state index in [0.29, 0.717) is 0 Å². The molecule has 0 atom stereocenters. The van der Waals surface area contributed by atoms with E-state index in [-0.39, 0.29) is 21.1 Å². The summed E-state index contributed by atoms with van der Waals surface area (Å²) in [4.78, 5) is 0. The minimum Gasteiger partial charge on any atom is -0.0762 e. The van der Waals surface area contributed by atoms with Crippen molar-refractivity contribution in [3.63, 3.8) is 0 Å². The van der Waals surface area contributed by atoms with Crippen molar-refractivity contribution in [1.82, 2.24) is 0 Å². The Morgan fingerprint density at radius 2 is 1.04 bits per heavy atom. The standard InChI is InChI=1S/C9H7.2C2H3N.2CO.BF4.Mo/c1-2-5-9-7-3-6-8(9)4-1;2*1-2-3;2*1-2;2-1(3,4)5;/h1-7H;2*1H3;;;;/q;;;;;-1;. The maximum atomic E-state index is 9.75. The van der Waals surface area contributed by atoms with E-state index in [1.165, 1.54) is 25.7 Å². The third-order valence-corrected chi connectivity index (χ3v) is 1.55. The van der Waals surface area contributed by atoms with E-state index in [2.05, 4.69) is 56.9 Å². The van der Waals surface area contributed by atoms with E-state index >= 15 is 0 Å². The van der Waals surface area contributed by atoms with Crippen molar-refractivity contribution in [2.75, 3.05) is 0 Å². The van der Waals surface area contributed by atoms with Crippen LogP contribution < -0.4 is 0 Å². The molecule has 0 aromatic carbocycles. The summed E-state index contributed by atoms with van der Waals surface area (Å²) in [6.07, 6.45) is 14.7. The quantitative estimate of drug-likeness (QED) is 0.247. The predicted molar refractivity (Wildman–Crippen MR) is 78.3 cm³/mol. The average Bonchev–Trinajstić information content (AvgIpc) is 3.00. The molecule has 2 rings (SSSR count). The number of hydrogen-bond donors (Lipinski definition) is 0. The number of allylic oxidation sites excluding steroid dienone is 4. The number of nitrogens with zero attached hydrogens (tertiary/aromatic N) is 2. The molecule has 25 heavy (non-hydrogen) atoms. The van der Waals surface area contributed by atoms with E-state index < -0.39 is 7.25 Å². The first-order chi connectivity index (χ1) is 11.3. The molecule has 0 N–H and O–H groups in total. The zero-order valence-electron chi connectivity index (χ0n) is 13.2. The van der Waals surface area contributed by atoms with Gasteiger partial charge in [0.25, 0.3) is 0 Å². The second-order valence-corrected chi connectivity index (χ2v) is 3.10. The zero-order chi connectivity index (χ0) is 20.0. The molecule has 1 fully saturated rings. The number of rotatable bonds is 0. The maximum Gasteiger partial charge on any atom is 0.0124 e. The fourth-order valence-electron chi connectivity index (χ4n) is 1.07. The van der Waals surface area contributed by atoms with Crippen LogP contribution in [0.2, 0.25) is 0 Å². The van der Waals surface area contributed by atoms with Gasteiger partial charge in [-0.1, -0.05) is 24.3 Å². The molecule has 5 radical (unpaired) electrons. The molecule has 0 saturated heterocycles. The van der Waals surface area contributed by atoms with Gasteiger partial charge in [0.1, 0.15) is 0 Å². The van der Waals surface area contributed by atoms with Gasteiger partial charge in [-0.05, 0) is 19.3 Å². The number of hydrogen-bond acceptors (Lipinski definition) is 2. The SMILES string of the molecule is CC#N.CC#N.F[B-](F)(F)F.[C-]#[O+].[C-]#[O+].[CH]1[CH][C]2C=CC=C[C]2[CH]1.[Mo]. The summed E-state index contributed by atoms with van der Waals surface area (Å²) >= 11 is 0. The van der Waals surface area contributed by atoms with Crippen LogP contribution in [-0.4, -0.2) is 7.25 Å². The smallest absolute Gasteiger partial charge is 0.0124 e. The van der Waals surface area contributed by atoms with Gasteiger partial charge in [-0.15, -0.1) is 0 Å². The van der Waals surface area contributed by atoms with Crippen LogP contribution in [0.4, 0.5) is 17.3 Å². The Balaban J connectivity index is -0.0000000729. The molecular weight excluding hydrogens is 423 g/mol. The first kappa shape index (κ1) is 34.7. The van der Waals surface area contributed by atoms with Gasteiger partial charge in [-0.25, -0.2) is 0 Å². The van der Waals surface area contributed by atoms with Gasteiger partial charge in [0.05, 0.1) is 12.1 Å². The van der Waals surface area contributed by atoms with E-state index in [1.54, 1.807) is 12.1 Å². The Bertz CT molecular complexity index is 424. The van der Waals surface area contributed by atoms with Crippen LogP contribution in [0.5, 0.6) is 0 Å². The van der Waals surface area contributed by atoms with Crippen LogP contribution in [-0.2, 0) is 30.4 Å². The van der Waals surface area contributed by atoms with Gasteiger partial charge in [-0.3, -0.25) is 0 Å². The molecule has 0 aliphatic heterocycles. The van der Waals surface area contributed by atoms with Crippen molar-refractivity contribution in [2.24, 2.45) is 0 Å². The van der Waals surface area contributed by atoms with E-state index in [0.717, 1.165) is 0 Å². The van der Waals surface area contributed by atoms with Gasteiger partial charge < -0.3 is 17.3 Å². The van der Waals surface area contributed by atoms with Gasteiger partial charge in [-0.2, -0.15) is 10.5 Å². The van der Waals surface area contributed by atoms with Crippen LogP contribution in [0.1, 0.15) is 13.8 Å². The first-order valence-corrected chi connectivity index (χ1v) is 5.80. The topological polar surface area (TPSA) is 87.4 Å². The molecule has 4 nitrogen and oxygen atoms in total. The largest absolute Gasteiger partial charge is 0.0762 e. The van der Waals surface area contributed by atoms with Crippen molar-refractivity contribution in [3.8, 4) is 12.1 Å². The van der Waals surface area contributed by atoms with Crippen LogP contribution in [0.15, 0.2) is 24.3 Å². The van der Waals surface area contributed by atoms with Gasteiger partial charge in [0, 0.05) is 46.7 Å². The fourth-order valence-corrected chi connectivity index (χ4v) is 1.07. The third kappa shape index (κ3) is 39.3. The van der Waals surface area contributed by atoms with E-state index in [9.17, 15) is 17.3 Å². The normalized spacial score (nSPS) is 13.0. The first-order valence-electron chi connectivity index (χ1n) is 5.80. The Morgan fingerprint density at radius 1 is 0.840 bits per heavy atom. The molecule has 0 amide bonds. The van der Waals surface area contributed by atoms with Crippen molar-refractivity contribution >= 4 is 7.25 Å². The van der Waals surface area contributed by atoms with Crippen LogP contribution >= 0.6 is 0 Å². The third-order valence-electron chi connectivity index (χ3n) is 1.55. The molecule has 2 aliphatic rings. The average molecular weight is 436 g/mol. The van der Waals surface area contributed by atoms with Crippen molar-refractivity contribution in [2.45, 2.75) is 13.8 Å². The second kappa shape index (κ2) is 27.3. The number of nitriles is 2. The van der Waals surface area contributed by atoms with Crippen molar-refractivity contribution in [3.05, 3.63) is 68.7 Å². The predicted octanol–water partition coefficient (Wildman–Crippen LogP) is 4.17. The molecule has 0 bridgehead atoms. The summed E-state index contributed by atoms with van der Waals surface area (Å²) in [6.45, 7) is 11.9. The number of halogens is 4. The molecule has 0 unspecified atom stereocenters. The summed E-state index contributed by atoms with van der Waals surface area (Å²) in [7, 11) is -6.00. The summed E-state index contributed by atoms with van der Waals surface area (Å²) < 4.78 is 54.0. The van der Waals surface area contributed by atoms with Crippen LogP contribution in [0, 0.1) is 67.1 Å². The minimum absolute atomic E-state index is 0. The summed E-state index contributed by atoms with van der Waals surface area (Å²) in [5, 5.41) is 14.6. The summed E-state index contributed by atoms with van der Waals surface area (Å²) in [5.41, 5.74) is 0. The number of fused-ring (bicyclic) bond motifs is 1. The fraction of sp³-hybridized carbons (Fsp3) is 0.133. The van der Waals surface area contributed by atoms with E-state index in [4.69, 9.17) is 19.8 Å². The summed E-state index contributed by atoms with van der Waals surface area (Å²) in [6, 6.07) is 3.50. The molecule has 0 aromatic heterocycles. The molecule has 10 heteroatoms. The molecule has 2 aliphatic carbocycles. The Hall–Kier alpha value is -1.59. The van der Waals surface area contributed by atoms with Crippen LogP contribution in [0.3, 0.4) is 0 Å². The monoisotopic (exact) mass is 438 g/mol. The minimum atomic E-state index is -6.00. The van der Waals surface area contributed by atoms with Gasteiger partial charge >= 0.3 is 29.9 Å².